The van der Waals surface area contributed by atoms with E-state index < -0.39 is 0 Å². The Morgan fingerprint density at radius 3 is 2.60 bits per heavy atom. The van der Waals surface area contributed by atoms with Crippen molar-refractivity contribution >= 4 is 5.69 Å². The molecule has 3 rings (SSSR count). The van der Waals surface area contributed by atoms with Crippen LogP contribution in [0.2, 0.25) is 0 Å². The highest BCUT2D eigenvalue weighted by atomic mass is 16.6. The van der Waals surface area contributed by atoms with Gasteiger partial charge in [-0.25, -0.2) is 0 Å². The molecule has 0 saturated carbocycles. The molecule has 1 atom stereocenters. The maximum atomic E-state index is 5.84. The Morgan fingerprint density at radius 2 is 1.85 bits per heavy atom. The van der Waals surface area contributed by atoms with Crippen molar-refractivity contribution in [3.05, 3.63) is 48.5 Å². The quantitative estimate of drug-likeness (QED) is 0.928. The van der Waals surface area contributed by atoms with Crippen molar-refractivity contribution in [2.75, 3.05) is 25.6 Å². The summed E-state index contributed by atoms with van der Waals surface area (Å²) in [7, 11) is 1.89. The smallest absolute Gasteiger partial charge is 0.166 e. The lowest BCUT2D eigenvalue weighted by atomic mass is 10.2. The van der Waals surface area contributed by atoms with Crippen LogP contribution in [0, 0.1) is 0 Å². The van der Waals surface area contributed by atoms with Gasteiger partial charge in [0.05, 0.1) is 0 Å². The number of rotatable bonds is 4. The summed E-state index contributed by atoms with van der Waals surface area (Å²) < 4.78 is 17.2. The Kier molecular flexibility index (Phi) is 3.63. The molecule has 0 aliphatic carbocycles. The normalized spacial score (nSPS) is 16.6. The van der Waals surface area contributed by atoms with E-state index in [1.54, 1.807) is 0 Å². The number of fused-ring (bicyclic) bond motifs is 1. The number of hydrogen-bond acceptors (Lipinski definition) is 4. The SMILES string of the molecule is CNc1ccc(OCC2COc3ccccc3O2)cc1. The van der Waals surface area contributed by atoms with Crippen LogP contribution >= 0.6 is 0 Å². The predicted octanol–water partition coefficient (Wildman–Crippen LogP) is 2.95. The summed E-state index contributed by atoms with van der Waals surface area (Å²) in [6.45, 7) is 0.971. The maximum absolute atomic E-state index is 5.84. The molecular formula is C16H17NO3. The highest BCUT2D eigenvalue weighted by Gasteiger charge is 2.20. The van der Waals surface area contributed by atoms with Gasteiger partial charge in [0.25, 0.3) is 0 Å². The largest absolute Gasteiger partial charge is 0.490 e. The van der Waals surface area contributed by atoms with Crippen LogP contribution in [0.3, 0.4) is 0 Å². The van der Waals surface area contributed by atoms with Crippen LogP contribution < -0.4 is 19.5 Å². The molecule has 1 N–H and O–H groups in total. The molecule has 1 unspecified atom stereocenters. The van der Waals surface area contributed by atoms with Crippen LogP contribution in [-0.2, 0) is 0 Å². The minimum absolute atomic E-state index is 0.0890. The Labute approximate surface area is 118 Å². The van der Waals surface area contributed by atoms with Crippen molar-refractivity contribution in [3.8, 4) is 17.2 Å². The van der Waals surface area contributed by atoms with E-state index in [4.69, 9.17) is 14.2 Å². The number of anilines is 1. The molecule has 1 aliphatic rings. The lowest BCUT2D eigenvalue weighted by Gasteiger charge is -2.26. The third kappa shape index (κ3) is 2.79. The van der Waals surface area contributed by atoms with Crippen molar-refractivity contribution in [1.82, 2.24) is 0 Å². The van der Waals surface area contributed by atoms with Crippen LogP contribution in [0.4, 0.5) is 5.69 Å². The molecule has 1 aliphatic heterocycles. The third-order valence-electron chi connectivity index (χ3n) is 3.15. The van der Waals surface area contributed by atoms with Crippen molar-refractivity contribution in [3.63, 3.8) is 0 Å². The average molecular weight is 271 g/mol. The molecule has 0 aromatic heterocycles. The van der Waals surface area contributed by atoms with E-state index in [1.165, 1.54) is 0 Å². The van der Waals surface area contributed by atoms with Gasteiger partial charge in [-0.3, -0.25) is 0 Å². The van der Waals surface area contributed by atoms with Gasteiger partial charge in [0.1, 0.15) is 19.0 Å². The zero-order valence-corrected chi connectivity index (χ0v) is 11.3. The first-order valence-electron chi connectivity index (χ1n) is 6.64. The van der Waals surface area contributed by atoms with Gasteiger partial charge in [0.2, 0.25) is 0 Å². The topological polar surface area (TPSA) is 39.7 Å². The molecule has 2 aromatic carbocycles. The highest BCUT2D eigenvalue weighted by molar-refractivity contribution is 5.45. The fraction of sp³-hybridized carbons (Fsp3) is 0.250. The summed E-state index contributed by atoms with van der Waals surface area (Å²) in [4.78, 5) is 0. The second-order valence-electron chi connectivity index (χ2n) is 4.58. The first kappa shape index (κ1) is 12.7. The molecule has 20 heavy (non-hydrogen) atoms. The summed E-state index contributed by atoms with van der Waals surface area (Å²) in [6, 6.07) is 15.5. The molecule has 1 heterocycles. The van der Waals surface area contributed by atoms with E-state index in [2.05, 4.69) is 5.32 Å². The Balaban J connectivity index is 1.57. The van der Waals surface area contributed by atoms with Crippen molar-refractivity contribution < 1.29 is 14.2 Å². The van der Waals surface area contributed by atoms with E-state index >= 15 is 0 Å². The molecule has 0 amide bonds. The van der Waals surface area contributed by atoms with Crippen LogP contribution in [0.15, 0.2) is 48.5 Å². The van der Waals surface area contributed by atoms with Crippen molar-refractivity contribution in [2.45, 2.75) is 6.10 Å². The van der Waals surface area contributed by atoms with Crippen LogP contribution in [0.5, 0.6) is 17.2 Å². The molecule has 2 aromatic rings. The minimum Gasteiger partial charge on any atom is -0.490 e. The van der Waals surface area contributed by atoms with Gasteiger partial charge >= 0.3 is 0 Å². The second-order valence-corrected chi connectivity index (χ2v) is 4.58. The van der Waals surface area contributed by atoms with E-state index in [9.17, 15) is 0 Å². The standard InChI is InChI=1S/C16H17NO3/c1-17-12-6-8-13(9-7-12)18-10-14-11-19-15-4-2-3-5-16(15)20-14/h2-9,14,17H,10-11H2,1H3. The van der Waals surface area contributed by atoms with Gasteiger partial charge < -0.3 is 19.5 Å². The van der Waals surface area contributed by atoms with Crippen molar-refractivity contribution in [1.29, 1.82) is 0 Å². The molecular weight excluding hydrogens is 254 g/mol. The fourth-order valence-corrected chi connectivity index (χ4v) is 2.05. The third-order valence-corrected chi connectivity index (χ3v) is 3.15. The molecule has 104 valence electrons. The minimum atomic E-state index is -0.0890. The van der Waals surface area contributed by atoms with Crippen LogP contribution in [-0.4, -0.2) is 26.4 Å². The van der Waals surface area contributed by atoms with E-state index in [-0.39, 0.29) is 6.10 Å². The number of ether oxygens (including phenoxy) is 3. The van der Waals surface area contributed by atoms with Crippen molar-refractivity contribution in [2.24, 2.45) is 0 Å². The maximum Gasteiger partial charge on any atom is 0.166 e. The predicted molar refractivity (Wildman–Crippen MR) is 77.8 cm³/mol. The summed E-state index contributed by atoms with van der Waals surface area (Å²) in [6.07, 6.45) is -0.0890. The van der Waals surface area contributed by atoms with Gasteiger partial charge in [-0.2, -0.15) is 0 Å². The number of benzene rings is 2. The summed E-state index contributed by atoms with van der Waals surface area (Å²) >= 11 is 0. The fourth-order valence-electron chi connectivity index (χ4n) is 2.05. The zero-order chi connectivity index (χ0) is 13.8. The molecule has 0 bridgehead atoms. The monoisotopic (exact) mass is 271 g/mol. The van der Waals surface area contributed by atoms with Gasteiger partial charge in [0.15, 0.2) is 17.6 Å². The van der Waals surface area contributed by atoms with Gasteiger partial charge in [0, 0.05) is 12.7 Å². The lowest BCUT2D eigenvalue weighted by Crippen LogP contribution is -2.34. The van der Waals surface area contributed by atoms with E-state index in [1.807, 2.05) is 55.6 Å². The zero-order valence-electron chi connectivity index (χ0n) is 11.3. The Hall–Kier alpha value is -2.36. The molecule has 4 heteroatoms. The van der Waals surface area contributed by atoms with Crippen LogP contribution in [0.25, 0.3) is 0 Å². The molecule has 0 fully saturated rings. The summed E-state index contributed by atoms with van der Waals surface area (Å²) in [5, 5.41) is 3.07. The number of para-hydroxylation sites is 2. The molecule has 0 radical (unpaired) electrons. The van der Waals surface area contributed by atoms with Gasteiger partial charge in [-0.15, -0.1) is 0 Å². The number of nitrogens with one attached hydrogen (secondary N) is 1. The first-order valence-corrected chi connectivity index (χ1v) is 6.64. The number of hydrogen-bond donors (Lipinski definition) is 1. The average Bonchev–Trinajstić information content (AvgIpc) is 2.53. The molecule has 0 saturated heterocycles. The Bertz CT molecular complexity index is 568. The first-order chi connectivity index (χ1) is 9.85. The second kappa shape index (κ2) is 5.74. The van der Waals surface area contributed by atoms with E-state index in [0.717, 1.165) is 22.9 Å². The Morgan fingerprint density at radius 1 is 1.10 bits per heavy atom. The van der Waals surface area contributed by atoms with Gasteiger partial charge in [-0.05, 0) is 36.4 Å². The molecule has 4 nitrogen and oxygen atoms in total. The molecule has 0 spiro atoms. The van der Waals surface area contributed by atoms with Crippen LogP contribution in [0.1, 0.15) is 0 Å². The van der Waals surface area contributed by atoms with Gasteiger partial charge in [-0.1, -0.05) is 12.1 Å². The van der Waals surface area contributed by atoms with E-state index in [0.29, 0.717) is 13.2 Å². The lowest BCUT2D eigenvalue weighted by molar-refractivity contribution is 0.0536. The summed E-state index contributed by atoms with van der Waals surface area (Å²) in [5.74, 6) is 2.39. The highest BCUT2D eigenvalue weighted by Crippen LogP contribution is 2.31. The summed E-state index contributed by atoms with van der Waals surface area (Å²) in [5.41, 5.74) is 1.06.